The van der Waals surface area contributed by atoms with Gasteiger partial charge in [0.15, 0.2) is 5.66 Å². The Morgan fingerprint density at radius 1 is 0.786 bits per heavy atom. The highest BCUT2D eigenvalue weighted by Gasteiger charge is 2.57. The topological polar surface area (TPSA) is 63.6 Å². The van der Waals surface area contributed by atoms with E-state index >= 15 is 0 Å². The van der Waals surface area contributed by atoms with Crippen molar-refractivity contribution < 1.29 is 19.4 Å². The number of carbonyl (C=O) groups is 2. The average Bonchev–Trinajstić information content (AvgIpc) is 2.75. The van der Waals surface area contributed by atoms with E-state index in [9.17, 15) is 14.7 Å². The molecule has 0 aliphatic heterocycles. The fraction of sp³-hybridized carbons (Fsp3) is 0.130. The molecule has 142 valence electrons. The molecule has 0 amide bonds. The largest absolute Gasteiger partial charge is 0.481 e. The summed E-state index contributed by atoms with van der Waals surface area (Å²) in [6.45, 7) is 0. The summed E-state index contributed by atoms with van der Waals surface area (Å²) in [5, 5.41) is 12.5. The first-order valence-corrected chi connectivity index (χ1v) is 10.8. The smallest absolute Gasteiger partial charge is 0.348 e. The Hall–Kier alpha value is -2.97. The van der Waals surface area contributed by atoms with Crippen molar-refractivity contribution in [3.05, 3.63) is 91.0 Å². The number of ether oxygens (including phenoxy) is 1. The summed E-state index contributed by atoms with van der Waals surface area (Å²) >= 11 is 0. The Kier molecular flexibility index (Phi) is 6.23. The van der Waals surface area contributed by atoms with Gasteiger partial charge in [-0.2, -0.15) is 0 Å². The van der Waals surface area contributed by atoms with Gasteiger partial charge < -0.3 is 9.84 Å². The summed E-state index contributed by atoms with van der Waals surface area (Å²) in [6.07, 6.45) is -0.306. The van der Waals surface area contributed by atoms with Crippen molar-refractivity contribution >= 4 is 35.1 Å². The molecule has 1 unspecified atom stereocenters. The van der Waals surface area contributed by atoms with Gasteiger partial charge in [-0.15, -0.1) is 0 Å². The quantitative estimate of drug-likeness (QED) is 0.495. The minimum absolute atomic E-state index is 0.306. The predicted octanol–water partition coefficient (Wildman–Crippen LogP) is 3.00. The summed E-state index contributed by atoms with van der Waals surface area (Å²) in [7, 11) is -1.33. The zero-order chi connectivity index (χ0) is 20.0. The maximum Gasteiger partial charge on any atom is 0.348 e. The first-order valence-electron chi connectivity index (χ1n) is 8.96. The first-order chi connectivity index (χ1) is 13.6. The minimum atomic E-state index is -2.65. The number of hydrogen-bond donors (Lipinski definition) is 1. The number of hydrogen-bond acceptors (Lipinski definition) is 3. The molecule has 0 saturated carbocycles. The van der Waals surface area contributed by atoms with Crippen LogP contribution in [0.15, 0.2) is 91.0 Å². The van der Waals surface area contributed by atoms with Crippen molar-refractivity contribution in [1.29, 1.82) is 0 Å². The van der Waals surface area contributed by atoms with Gasteiger partial charge in [-0.05, 0) is 36.4 Å². The molecule has 0 aliphatic carbocycles. The van der Waals surface area contributed by atoms with Crippen LogP contribution in [0.2, 0.25) is 0 Å². The minimum Gasteiger partial charge on any atom is -0.481 e. The number of carboxylic acid groups (broad SMARTS) is 1. The zero-order valence-electron chi connectivity index (χ0n) is 15.6. The zero-order valence-corrected chi connectivity index (χ0v) is 16.5. The van der Waals surface area contributed by atoms with E-state index < -0.39 is 24.9 Å². The fourth-order valence-corrected chi connectivity index (χ4v) is 8.41. The number of benzene rings is 3. The van der Waals surface area contributed by atoms with E-state index in [0.717, 1.165) is 15.9 Å². The van der Waals surface area contributed by atoms with Gasteiger partial charge in [0, 0.05) is 0 Å². The van der Waals surface area contributed by atoms with Gasteiger partial charge in [0.2, 0.25) is 0 Å². The van der Waals surface area contributed by atoms with E-state index in [2.05, 4.69) is 0 Å². The summed E-state index contributed by atoms with van der Waals surface area (Å²) in [5.41, 5.74) is -0.831. The maximum absolute atomic E-state index is 13.0. The van der Waals surface area contributed by atoms with Gasteiger partial charge in [0.1, 0.15) is 23.2 Å². The summed E-state index contributed by atoms with van der Waals surface area (Å²) < 4.78 is 5.11. The monoisotopic (exact) mass is 393 g/mol. The van der Waals surface area contributed by atoms with Crippen LogP contribution >= 0.6 is 7.26 Å². The molecule has 0 saturated heterocycles. The lowest BCUT2D eigenvalue weighted by Gasteiger charge is -2.32. The van der Waals surface area contributed by atoms with Crippen LogP contribution in [-0.2, 0) is 14.3 Å². The highest BCUT2D eigenvalue weighted by molar-refractivity contribution is 7.96. The van der Waals surface area contributed by atoms with Crippen LogP contribution in [-0.4, -0.2) is 29.8 Å². The first kappa shape index (κ1) is 19.8. The highest BCUT2D eigenvalue weighted by atomic mass is 31.2. The fourth-order valence-electron chi connectivity index (χ4n) is 3.66. The van der Waals surface area contributed by atoms with Gasteiger partial charge in [-0.25, -0.2) is 4.79 Å². The van der Waals surface area contributed by atoms with Crippen LogP contribution in [0.25, 0.3) is 0 Å². The van der Waals surface area contributed by atoms with E-state index in [1.165, 1.54) is 7.11 Å². The predicted molar refractivity (Wildman–Crippen MR) is 113 cm³/mol. The van der Waals surface area contributed by atoms with Crippen LogP contribution in [0.4, 0.5) is 0 Å². The number of aliphatic carboxylic acids is 1. The Balaban J connectivity index is 2.42. The second-order valence-corrected chi connectivity index (χ2v) is 9.98. The SMILES string of the molecule is COC(=O)C(CC(=O)O)[P+](c1ccccc1)(c1ccccc1)c1ccccc1. The average molecular weight is 393 g/mol. The Bertz CT molecular complexity index is 830. The van der Waals surface area contributed by atoms with Crippen molar-refractivity contribution in [2.45, 2.75) is 12.1 Å². The molecule has 28 heavy (non-hydrogen) atoms. The molecule has 0 fully saturated rings. The second-order valence-electron chi connectivity index (χ2n) is 6.37. The van der Waals surface area contributed by atoms with Crippen LogP contribution in [0.5, 0.6) is 0 Å². The van der Waals surface area contributed by atoms with Crippen LogP contribution in [0.1, 0.15) is 6.42 Å². The number of carboxylic acids is 1. The standard InChI is InChI=1S/C23H21O4P/c1-27-23(26)21(17-22(24)25)28(18-11-5-2-6-12-18,19-13-7-3-8-14-19)20-15-9-4-10-16-20/h2-16,21H,17H2,1H3/p+1. The van der Waals surface area contributed by atoms with Crippen LogP contribution in [0, 0.1) is 0 Å². The molecule has 5 heteroatoms. The van der Waals surface area contributed by atoms with Crippen molar-refractivity contribution in [1.82, 2.24) is 0 Å². The van der Waals surface area contributed by atoms with Crippen molar-refractivity contribution in [2.24, 2.45) is 0 Å². The molecular weight excluding hydrogens is 371 g/mol. The van der Waals surface area contributed by atoms with E-state index in [1.54, 1.807) is 0 Å². The summed E-state index contributed by atoms with van der Waals surface area (Å²) in [6, 6.07) is 29.1. The lowest BCUT2D eigenvalue weighted by atomic mass is 10.3. The third-order valence-electron chi connectivity index (χ3n) is 4.80. The number of methoxy groups -OCH3 is 1. The highest BCUT2D eigenvalue weighted by Crippen LogP contribution is 2.61. The second kappa shape index (κ2) is 8.81. The lowest BCUT2D eigenvalue weighted by molar-refractivity contribution is -0.145. The molecule has 3 aromatic carbocycles. The molecule has 3 aromatic rings. The third-order valence-corrected chi connectivity index (χ3v) is 9.47. The van der Waals surface area contributed by atoms with Gasteiger partial charge >= 0.3 is 11.9 Å². The van der Waals surface area contributed by atoms with Crippen LogP contribution in [0.3, 0.4) is 0 Å². The maximum atomic E-state index is 13.0. The van der Waals surface area contributed by atoms with Gasteiger partial charge in [-0.1, -0.05) is 54.6 Å². The normalized spacial score (nSPS) is 12.2. The lowest BCUT2D eigenvalue weighted by Crippen LogP contribution is -2.43. The van der Waals surface area contributed by atoms with Gasteiger partial charge in [-0.3, -0.25) is 4.79 Å². The van der Waals surface area contributed by atoms with E-state index in [4.69, 9.17) is 4.74 Å². The molecule has 1 N–H and O–H groups in total. The van der Waals surface area contributed by atoms with Gasteiger partial charge in [0.05, 0.1) is 13.5 Å². The van der Waals surface area contributed by atoms with E-state index in [-0.39, 0.29) is 6.42 Å². The van der Waals surface area contributed by atoms with Gasteiger partial charge in [0.25, 0.3) is 0 Å². The third kappa shape index (κ3) is 3.69. The van der Waals surface area contributed by atoms with Crippen molar-refractivity contribution in [3.63, 3.8) is 0 Å². The molecule has 0 aromatic heterocycles. The van der Waals surface area contributed by atoms with E-state index in [0.29, 0.717) is 0 Å². The molecule has 3 rings (SSSR count). The molecule has 1 atom stereocenters. The Morgan fingerprint density at radius 2 is 1.14 bits per heavy atom. The molecule has 0 aliphatic rings. The van der Waals surface area contributed by atoms with E-state index in [1.807, 2.05) is 91.0 Å². The molecular formula is C23H22O4P+. The summed E-state index contributed by atoms with van der Waals surface area (Å²) in [5.74, 6) is -1.53. The molecule has 0 heterocycles. The van der Waals surface area contributed by atoms with Crippen molar-refractivity contribution in [3.8, 4) is 0 Å². The Morgan fingerprint density at radius 3 is 1.43 bits per heavy atom. The molecule has 0 radical (unpaired) electrons. The number of carbonyl (C=O) groups excluding carboxylic acids is 1. The molecule has 0 spiro atoms. The summed E-state index contributed by atoms with van der Waals surface area (Å²) in [4.78, 5) is 24.7. The number of rotatable bonds is 7. The molecule has 4 nitrogen and oxygen atoms in total. The van der Waals surface area contributed by atoms with Crippen molar-refractivity contribution in [2.75, 3.05) is 7.11 Å². The van der Waals surface area contributed by atoms with Crippen LogP contribution < -0.4 is 15.9 Å². The Labute approximate surface area is 165 Å². The molecule has 0 bridgehead atoms. The number of esters is 1.